The standard InChI is InChI=1S/C24H25FN2O3S/c1-4-31(29,30)27(21-14-9-17(2)18(3)15-21)16-19-10-12-20(13-11-19)26-24(28)22-7-5-6-8-23(22)25/h5-15H,4,16H2,1-3H3,(H,26,28). The maximum absolute atomic E-state index is 13.8. The fourth-order valence-electron chi connectivity index (χ4n) is 3.09. The number of anilines is 2. The second-order valence-corrected chi connectivity index (χ2v) is 9.49. The predicted octanol–water partition coefficient (Wildman–Crippen LogP) is 5.05. The summed E-state index contributed by atoms with van der Waals surface area (Å²) in [4.78, 5) is 12.3. The Morgan fingerprint density at radius 1 is 0.968 bits per heavy atom. The predicted molar refractivity (Wildman–Crippen MR) is 122 cm³/mol. The normalized spacial score (nSPS) is 11.2. The zero-order chi connectivity index (χ0) is 22.6. The van der Waals surface area contributed by atoms with E-state index in [0.29, 0.717) is 11.4 Å². The number of carbonyl (C=O) groups is 1. The minimum atomic E-state index is -3.49. The molecule has 31 heavy (non-hydrogen) atoms. The van der Waals surface area contributed by atoms with Crippen LogP contribution in [0.25, 0.3) is 0 Å². The second kappa shape index (κ2) is 9.31. The number of hydrogen-bond donors (Lipinski definition) is 1. The molecule has 1 amide bonds. The molecule has 0 spiro atoms. The second-order valence-electron chi connectivity index (χ2n) is 7.31. The molecule has 0 aliphatic carbocycles. The molecule has 7 heteroatoms. The Morgan fingerprint density at radius 2 is 1.65 bits per heavy atom. The molecule has 0 unspecified atom stereocenters. The highest BCUT2D eigenvalue weighted by molar-refractivity contribution is 7.92. The van der Waals surface area contributed by atoms with Gasteiger partial charge in [-0.1, -0.05) is 30.3 Å². The van der Waals surface area contributed by atoms with E-state index in [0.717, 1.165) is 16.7 Å². The van der Waals surface area contributed by atoms with Gasteiger partial charge in [-0.3, -0.25) is 9.10 Å². The molecule has 0 saturated carbocycles. The van der Waals surface area contributed by atoms with Crippen LogP contribution < -0.4 is 9.62 Å². The monoisotopic (exact) mass is 440 g/mol. The van der Waals surface area contributed by atoms with Crippen LogP contribution in [0, 0.1) is 19.7 Å². The first-order valence-electron chi connectivity index (χ1n) is 9.93. The number of benzene rings is 3. The van der Waals surface area contributed by atoms with Crippen LogP contribution in [0.1, 0.15) is 34.0 Å². The van der Waals surface area contributed by atoms with Crippen LogP contribution in [0.2, 0.25) is 0 Å². The number of rotatable bonds is 7. The van der Waals surface area contributed by atoms with Gasteiger partial charge in [0.15, 0.2) is 0 Å². The van der Waals surface area contributed by atoms with Gasteiger partial charge in [-0.25, -0.2) is 12.8 Å². The van der Waals surface area contributed by atoms with Crippen molar-refractivity contribution in [3.63, 3.8) is 0 Å². The first-order valence-corrected chi connectivity index (χ1v) is 11.5. The van der Waals surface area contributed by atoms with Crippen molar-refractivity contribution >= 4 is 27.3 Å². The molecule has 0 bridgehead atoms. The van der Waals surface area contributed by atoms with Crippen molar-refractivity contribution in [2.45, 2.75) is 27.3 Å². The highest BCUT2D eigenvalue weighted by Crippen LogP contribution is 2.25. The van der Waals surface area contributed by atoms with Crippen LogP contribution >= 0.6 is 0 Å². The summed E-state index contributed by atoms with van der Waals surface area (Å²) in [5, 5.41) is 2.66. The summed E-state index contributed by atoms with van der Waals surface area (Å²) in [5.41, 5.74) is 3.93. The number of nitrogens with zero attached hydrogens (tertiary/aromatic N) is 1. The van der Waals surface area contributed by atoms with Crippen molar-refractivity contribution in [3.8, 4) is 0 Å². The Labute approximate surface area is 182 Å². The van der Waals surface area contributed by atoms with Crippen LogP contribution in [-0.2, 0) is 16.6 Å². The molecule has 3 rings (SSSR count). The molecule has 3 aromatic carbocycles. The van der Waals surface area contributed by atoms with Crippen molar-refractivity contribution in [1.29, 1.82) is 0 Å². The van der Waals surface area contributed by atoms with E-state index in [2.05, 4.69) is 5.32 Å². The molecule has 5 nitrogen and oxygen atoms in total. The number of hydrogen-bond acceptors (Lipinski definition) is 3. The molecule has 0 saturated heterocycles. The lowest BCUT2D eigenvalue weighted by atomic mass is 10.1. The summed E-state index contributed by atoms with van der Waals surface area (Å²) >= 11 is 0. The molecule has 0 heterocycles. The van der Waals surface area contributed by atoms with E-state index in [-0.39, 0.29) is 17.9 Å². The van der Waals surface area contributed by atoms with E-state index in [1.54, 1.807) is 43.3 Å². The molecule has 0 aromatic heterocycles. The molecule has 162 valence electrons. The number of sulfonamides is 1. The van der Waals surface area contributed by atoms with Crippen molar-refractivity contribution in [2.75, 3.05) is 15.4 Å². The summed E-state index contributed by atoms with van der Waals surface area (Å²) in [7, 11) is -3.49. The van der Waals surface area contributed by atoms with Gasteiger partial charge in [0.25, 0.3) is 5.91 Å². The van der Waals surface area contributed by atoms with Crippen LogP contribution in [0.15, 0.2) is 66.7 Å². The average Bonchev–Trinajstić information content (AvgIpc) is 2.75. The number of carbonyl (C=O) groups excluding carboxylic acids is 1. The van der Waals surface area contributed by atoms with Gasteiger partial charge in [0.1, 0.15) is 5.82 Å². The van der Waals surface area contributed by atoms with Crippen molar-refractivity contribution in [2.24, 2.45) is 0 Å². The third-order valence-corrected chi connectivity index (χ3v) is 6.88. The van der Waals surface area contributed by atoms with E-state index in [1.165, 1.54) is 22.5 Å². The van der Waals surface area contributed by atoms with Crippen molar-refractivity contribution in [3.05, 3.63) is 94.8 Å². The topological polar surface area (TPSA) is 66.5 Å². The van der Waals surface area contributed by atoms with Gasteiger partial charge in [0, 0.05) is 5.69 Å². The quantitative estimate of drug-likeness (QED) is 0.559. The van der Waals surface area contributed by atoms with Gasteiger partial charge in [-0.15, -0.1) is 0 Å². The first kappa shape index (κ1) is 22.5. The highest BCUT2D eigenvalue weighted by Gasteiger charge is 2.21. The largest absolute Gasteiger partial charge is 0.322 e. The fourth-order valence-corrected chi connectivity index (χ4v) is 4.18. The third-order valence-electron chi connectivity index (χ3n) is 5.14. The lowest BCUT2D eigenvalue weighted by Crippen LogP contribution is -2.32. The SMILES string of the molecule is CCS(=O)(=O)N(Cc1ccc(NC(=O)c2ccccc2F)cc1)c1ccc(C)c(C)c1. The number of aryl methyl sites for hydroxylation is 2. The van der Waals surface area contributed by atoms with Crippen LogP contribution in [-0.4, -0.2) is 20.1 Å². The van der Waals surface area contributed by atoms with Crippen molar-refractivity contribution < 1.29 is 17.6 Å². The van der Waals surface area contributed by atoms with E-state index in [9.17, 15) is 17.6 Å². The molecule has 0 radical (unpaired) electrons. The van der Waals surface area contributed by atoms with Crippen molar-refractivity contribution in [1.82, 2.24) is 0 Å². The van der Waals surface area contributed by atoms with Crippen LogP contribution in [0.4, 0.5) is 15.8 Å². The van der Waals surface area contributed by atoms with E-state index < -0.39 is 21.7 Å². The molecular formula is C24H25FN2O3S. The summed E-state index contributed by atoms with van der Waals surface area (Å²) < 4.78 is 40.7. The minimum absolute atomic E-state index is 0.0172. The Kier molecular flexibility index (Phi) is 6.75. The zero-order valence-corrected chi connectivity index (χ0v) is 18.5. The lowest BCUT2D eigenvalue weighted by Gasteiger charge is -2.25. The molecule has 1 N–H and O–H groups in total. The molecule has 0 fully saturated rings. The van der Waals surface area contributed by atoms with E-state index >= 15 is 0 Å². The maximum atomic E-state index is 13.8. The summed E-state index contributed by atoms with van der Waals surface area (Å²) in [6.45, 7) is 5.71. The Bertz CT molecular complexity index is 1190. The summed E-state index contributed by atoms with van der Waals surface area (Å²) in [6, 6.07) is 18.2. The van der Waals surface area contributed by atoms with Gasteiger partial charge in [-0.2, -0.15) is 0 Å². The molecular weight excluding hydrogens is 415 g/mol. The van der Waals surface area contributed by atoms with Gasteiger partial charge in [-0.05, 0) is 73.9 Å². The Balaban J connectivity index is 1.80. The van der Waals surface area contributed by atoms with E-state index in [1.807, 2.05) is 26.0 Å². The molecule has 3 aromatic rings. The molecule has 0 atom stereocenters. The number of nitrogens with one attached hydrogen (secondary N) is 1. The average molecular weight is 441 g/mol. The summed E-state index contributed by atoms with van der Waals surface area (Å²) in [5.74, 6) is -1.15. The minimum Gasteiger partial charge on any atom is -0.322 e. The summed E-state index contributed by atoms with van der Waals surface area (Å²) in [6.07, 6.45) is 0. The fraction of sp³-hybridized carbons (Fsp3) is 0.208. The van der Waals surface area contributed by atoms with Crippen LogP contribution in [0.3, 0.4) is 0 Å². The van der Waals surface area contributed by atoms with Gasteiger partial charge >= 0.3 is 0 Å². The van der Waals surface area contributed by atoms with Gasteiger partial charge in [0.2, 0.25) is 10.0 Å². The first-order chi connectivity index (χ1) is 14.7. The number of halogens is 1. The zero-order valence-electron chi connectivity index (χ0n) is 17.7. The molecule has 0 aliphatic heterocycles. The molecule has 0 aliphatic rings. The lowest BCUT2D eigenvalue weighted by molar-refractivity contribution is 0.102. The smallest absolute Gasteiger partial charge is 0.258 e. The Morgan fingerprint density at radius 3 is 2.26 bits per heavy atom. The van der Waals surface area contributed by atoms with E-state index in [4.69, 9.17) is 0 Å². The maximum Gasteiger partial charge on any atom is 0.258 e. The Hall–Kier alpha value is -3.19. The van der Waals surface area contributed by atoms with Gasteiger partial charge < -0.3 is 5.32 Å². The van der Waals surface area contributed by atoms with Gasteiger partial charge in [0.05, 0.1) is 23.5 Å². The van der Waals surface area contributed by atoms with Crippen LogP contribution in [0.5, 0.6) is 0 Å². The third kappa shape index (κ3) is 5.30. The highest BCUT2D eigenvalue weighted by atomic mass is 32.2. The number of amides is 1.